The van der Waals surface area contributed by atoms with Crippen LogP contribution >= 0.6 is 11.3 Å². The number of nitrogens with zero attached hydrogens (tertiary/aromatic N) is 2. The summed E-state index contributed by atoms with van der Waals surface area (Å²) in [5, 5.41) is 14.6. The van der Waals surface area contributed by atoms with E-state index in [9.17, 15) is 9.18 Å². The maximum Gasteiger partial charge on any atom is 0.306 e. The van der Waals surface area contributed by atoms with Gasteiger partial charge in [0.2, 0.25) is 0 Å². The molecule has 9 heteroatoms. The first-order chi connectivity index (χ1) is 16.5. The number of hydrogen-bond acceptors (Lipinski definition) is 7. The van der Waals surface area contributed by atoms with Crippen LogP contribution in [0.1, 0.15) is 18.9 Å². The van der Waals surface area contributed by atoms with Gasteiger partial charge in [0.1, 0.15) is 18.0 Å². The number of nitrogens with one attached hydrogen (secondary N) is 1. The Kier molecular flexibility index (Phi) is 7.54. The molecule has 0 aliphatic carbocycles. The number of benzene rings is 2. The van der Waals surface area contributed by atoms with Crippen LogP contribution in [0.15, 0.2) is 54.2 Å². The molecule has 2 aromatic heterocycles. The van der Waals surface area contributed by atoms with Crippen LogP contribution in [-0.2, 0) is 11.2 Å². The largest absolute Gasteiger partial charge is 0.490 e. The second-order valence-electron chi connectivity index (χ2n) is 7.42. The topological polar surface area (TPSA) is 93.6 Å². The van der Waals surface area contributed by atoms with E-state index >= 15 is 0 Å². The Morgan fingerprint density at radius 2 is 2.00 bits per heavy atom. The zero-order chi connectivity index (χ0) is 23.9. The molecule has 0 aliphatic heterocycles. The maximum absolute atomic E-state index is 14.7. The van der Waals surface area contributed by atoms with Crippen molar-refractivity contribution >= 4 is 33.2 Å². The van der Waals surface area contributed by atoms with E-state index < -0.39 is 5.97 Å². The Bertz CT molecular complexity index is 1290. The number of aromatic nitrogens is 2. The summed E-state index contributed by atoms with van der Waals surface area (Å²) in [6.45, 7) is 2.86. The summed E-state index contributed by atoms with van der Waals surface area (Å²) < 4.78 is 26.8. The van der Waals surface area contributed by atoms with Crippen molar-refractivity contribution in [1.29, 1.82) is 0 Å². The molecule has 2 heterocycles. The van der Waals surface area contributed by atoms with Crippen LogP contribution in [0.3, 0.4) is 0 Å². The lowest BCUT2D eigenvalue weighted by Gasteiger charge is -2.13. The minimum absolute atomic E-state index is 0.0519. The van der Waals surface area contributed by atoms with Gasteiger partial charge in [-0.2, -0.15) is 0 Å². The molecule has 7 nitrogen and oxygen atoms in total. The highest BCUT2D eigenvalue weighted by molar-refractivity contribution is 7.17. The highest BCUT2D eigenvalue weighted by atomic mass is 32.1. The average molecular weight is 482 g/mol. The highest BCUT2D eigenvalue weighted by Gasteiger charge is 2.11. The van der Waals surface area contributed by atoms with Gasteiger partial charge in [0.25, 0.3) is 0 Å². The fraction of sp³-hybridized carbons (Fsp3) is 0.240. The number of thiophene rings is 1. The summed E-state index contributed by atoms with van der Waals surface area (Å²) in [6.07, 6.45) is 1.89. The van der Waals surface area contributed by atoms with E-state index in [1.807, 2.05) is 42.6 Å². The SMILES string of the molecule is CCOc1cc(-c2cc(NCCc3ccc4sccc4c3F)ncn2)ccc1OCCC(=O)O. The van der Waals surface area contributed by atoms with Gasteiger partial charge >= 0.3 is 5.97 Å². The lowest BCUT2D eigenvalue weighted by molar-refractivity contribution is -0.137. The minimum atomic E-state index is -0.926. The van der Waals surface area contributed by atoms with E-state index in [4.69, 9.17) is 14.6 Å². The van der Waals surface area contributed by atoms with Gasteiger partial charge in [0.15, 0.2) is 11.5 Å². The van der Waals surface area contributed by atoms with Gasteiger partial charge in [-0.1, -0.05) is 6.07 Å². The van der Waals surface area contributed by atoms with E-state index in [1.54, 1.807) is 12.1 Å². The number of ether oxygens (including phenoxy) is 2. The summed E-state index contributed by atoms with van der Waals surface area (Å²) in [4.78, 5) is 19.4. The van der Waals surface area contributed by atoms with Crippen LogP contribution in [0.5, 0.6) is 11.5 Å². The van der Waals surface area contributed by atoms with Gasteiger partial charge in [-0.25, -0.2) is 14.4 Å². The Morgan fingerprint density at radius 1 is 1.12 bits per heavy atom. The van der Waals surface area contributed by atoms with Crippen LogP contribution in [0.4, 0.5) is 10.2 Å². The molecular formula is C25H24FN3O4S. The number of anilines is 1. The van der Waals surface area contributed by atoms with E-state index in [-0.39, 0.29) is 18.8 Å². The second-order valence-corrected chi connectivity index (χ2v) is 8.37. The lowest BCUT2D eigenvalue weighted by Crippen LogP contribution is -2.08. The van der Waals surface area contributed by atoms with Crippen LogP contribution in [-0.4, -0.2) is 40.8 Å². The fourth-order valence-corrected chi connectivity index (χ4v) is 4.27. The standard InChI is InChI=1S/C25H24FN3O4S/c1-2-32-21-13-17(3-5-20(21)33-11-8-24(30)31)19-14-23(29-15-28-19)27-10-7-16-4-6-22-18(25(16)26)9-12-34-22/h3-6,9,12-15H,2,7-8,10-11H2,1H3,(H,30,31)(H,27,28,29). The van der Waals surface area contributed by atoms with Gasteiger partial charge in [0, 0.05) is 28.3 Å². The molecule has 0 bridgehead atoms. The van der Waals surface area contributed by atoms with Crippen LogP contribution in [0.25, 0.3) is 21.3 Å². The normalized spacial score (nSPS) is 10.9. The highest BCUT2D eigenvalue weighted by Crippen LogP contribution is 2.33. The van der Waals surface area contributed by atoms with Crippen LogP contribution < -0.4 is 14.8 Å². The number of halogens is 1. The van der Waals surface area contributed by atoms with E-state index in [1.165, 1.54) is 17.7 Å². The number of fused-ring (bicyclic) bond motifs is 1. The maximum atomic E-state index is 14.7. The zero-order valence-corrected chi connectivity index (χ0v) is 19.4. The van der Waals surface area contributed by atoms with Gasteiger partial charge in [-0.05, 0) is 54.6 Å². The molecule has 0 saturated carbocycles. The minimum Gasteiger partial charge on any atom is -0.490 e. The first-order valence-electron chi connectivity index (χ1n) is 10.9. The van der Waals surface area contributed by atoms with E-state index in [2.05, 4.69) is 15.3 Å². The predicted octanol–water partition coefficient (Wildman–Crippen LogP) is 5.40. The number of rotatable bonds is 11. The smallest absolute Gasteiger partial charge is 0.306 e. The molecule has 2 N–H and O–H groups in total. The molecule has 0 aliphatic rings. The molecule has 4 aromatic rings. The molecule has 0 atom stereocenters. The number of carboxylic acid groups (broad SMARTS) is 1. The van der Waals surface area contributed by atoms with Crippen molar-refractivity contribution in [3.05, 3.63) is 65.6 Å². The zero-order valence-electron chi connectivity index (χ0n) is 18.6. The molecule has 176 valence electrons. The van der Waals surface area contributed by atoms with E-state index in [0.717, 1.165) is 10.3 Å². The summed E-state index contributed by atoms with van der Waals surface area (Å²) >= 11 is 1.53. The fourth-order valence-electron chi connectivity index (χ4n) is 3.49. The van der Waals surface area contributed by atoms with Crippen molar-refractivity contribution in [2.75, 3.05) is 25.1 Å². The third-order valence-electron chi connectivity index (χ3n) is 5.13. The third-order valence-corrected chi connectivity index (χ3v) is 6.01. The van der Waals surface area contributed by atoms with E-state index in [0.29, 0.717) is 53.5 Å². The first-order valence-corrected chi connectivity index (χ1v) is 11.8. The molecule has 0 amide bonds. The number of carboxylic acids is 1. The van der Waals surface area contributed by atoms with Gasteiger partial charge < -0.3 is 19.9 Å². The van der Waals surface area contributed by atoms with Gasteiger partial charge in [0.05, 0.1) is 25.3 Å². The molecule has 0 spiro atoms. The monoisotopic (exact) mass is 481 g/mol. The van der Waals surface area contributed by atoms with Crippen LogP contribution in [0.2, 0.25) is 0 Å². The third kappa shape index (κ3) is 5.60. The number of aliphatic carboxylic acids is 1. The average Bonchev–Trinajstić information content (AvgIpc) is 3.31. The van der Waals surface area contributed by atoms with Crippen molar-refractivity contribution < 1.29 is 23.8 Å². The number of hydrogen-bond donors (Lipinski definition) is 2. The van der Waals surface area contributed by atoms with Crippen LogP contribution in [0, 0.1) is 5.82 Å². The summed E-state index contributed by atoms with van der Waals surface area (Å²) in [6, 6.07) is 12.8. The number of carbonyl (C=O) groups is 1. The molecule has 0 saturated heterocycles. The molecule has 4 rings (SSSR count). The molecule has 0 fully saturated rings. The molecule has 0 radical (unpaired) electrons. The Hall–Kier alpha value is -3.72. The Morgan fingerprint density at radius 3 is 2.82 bits per heavy atom. The quantitative estimate of drug-likeness (QED) is 0.296. The van der Waals surface area contributed by atoms with Gasteiger partial charge in [-0.15, -0.1) is 11.3 Å². The van der Waals surface area contributed by atoms with Crippen molar-refractivity contribution in [1.82, 2.24) is 9.97 Å². The Balaban J connectivity index is 1.44. The first kappa shape index (κ1) is 23.4. The predicted molar refractivity (Wildman–Crippen MR) is 130 cm³/mol. The van der Waals surface area contributed by atoms with Crippen molar-refractivity contribution in [3.8, 4) is 22.8 Å². The van der Waals surface area contributed by atoms with Crippen molar-refractivity contribution in [3.63, 3.8) is 0 Å². The summed E-state index contributed by atoms with van der Waals surface area (Å²) in [5.41, 5.74) is 2.14. The summed E-state index contributed by atoms with van der Waals surface area (Å²) in [5.74, 6) is 0.520. The molecule has 34 heavy (non-hydrogen) atoms. The molecule has 0 unspecified atom stereocenters. The van der Waals surface area contributed by atoms with Gasteiger partial charge in [-0.3, -0.25) is 4.79 Å². The van der Waals surface area contributed by atoms with Crippen molar-refractivity contribution in [2.24, 2.45) is 0 Å². The Labute approximate surface area is 200 Å². The second kappa shape index (κ2) is 10.9. The van der Waals surface area contributed by atoms with Crippen molar-refractivity contribution in [2.45, 2.75) is 19.8 Å². The molecule has 2 aromatic carbocycles. The summed E-state index contributed by atoms with van der Waals surface area (Å²) in [7, 11) is 0. The molecular weight excluding hydrogens is 457 g/mol. The lowest BCUT2D eigenvalue weighted by atomic mass is 10.1.